The number of carbonyl (C=O) groups is 1. The van der Waals surface area contributed by atoms with Crippen LogP contribution in [0, 0.1) is 0 Å². The number of hydrogen-bond acceptors (Lipinski definition) is 5. The molecule has 1 aromatic carbocycles. The topological polar surface area (TPSA) is 98.5 Å². The second kappa shape index (κ2) is 6.36. The first-order chi connectivity index (χ1) is 8.43. The number of sulfonamides is 1. The number of anilines is 1. The van der Waals surface area contributed by atoms with Gasteiger partial charge in [-0.3, -0.25) is 4.79 Å². The molecule has 1 aromatic rings. The van der Waals surface area contributed by atoms with Crippen LogP contribution in [-0.4, -0.2) is 27.5 Å². The van der Waals surface area contributed by atoms with Gasteiger partial charge in [0.25, 0.3) is 0 Å². The Kier molecular flexibility index (Phi) is 5.11. The summed E-state index contributed by atoms with van der Waals surface area (Å²) < 4.78 is 30.1. The zero-order valence-electron chi connectivity index (χ0n) is 10.0. The van der Waals surface area contributed by atoms with Crippen molar-refractivity contribution >= 4 is 21.7 Å². The van der Waals surface area contributed by atoms with Crippen LogP contribution in [0.4, 0.5) is 5.69 Å². The van der Waals surface area contributed by atoms with Gasteiger partial charge >= 0.3 is 5.97 Å². The van der Waals surface area contributed by atoms with Crippen molar-refractivity contribution < 1.29 is 17.9 Å². The second-order valence-electron chi connectivity index (χ2n) is 3.63. The molecule has 0 heterocycles. The van der Waals surface area contributed by atoms with E-state index in [0.29, 0.717) is 11.3 Å². The van der Waals surface area contributed by atoms with Gasteiger partial charge in [0.05, 0.1) is 12.4 Å². The van der Waals surface area contributed by atoms with E-state index in [4.69, 9.17) is 5.73 Å². The Balaban J connectivity index is 2.57. The number of nitrogens with two attached hydrogens (primary N) is 1. The lowest BCUT2D eigenvalue weighted by Gasteiger charge is -2.07. The van der Waals surface area contributed by atoms with E-state index in [1.807, 2.05) is 0 Å². The van der Waals surface area contributed by atoms with E-state index in [1.165, 1.54) is 0 Å². The molecule has 1 rings (SSSR count). The number of esters is 1. The Bertz CT molecular complexity index is 514. The minimum absolute atomic E-state index is 0.218. The van der Waals surface area contributed by atoms with Crippen molar-refractivity contribution in [3.05, 3.63) is 29.8 Å². The van der Waals surface area contributed by atoms with Crippen LogP contribution >= 0.6 is 0 Å². The van der Waals surface area contributed by atoms with E-state index in [1.54, 1.807) is 31.2 Å². The predicted octanol–water partition coefficient (Wildman–Crippen LogP) is 0.251. The molecule has 0 unspecified atom stereocenters. The summed E-state index contributed by atoms with van der Waals surface area (Å²) in [5.41, 5.74) is 6.60. The molecular formula is C11H16N2O4S. The number of ether oxygens (including phenoxy) is 1. The maximum Gasteiger partial charge on any atom is 0.320 e. The largest absolute Gasteiger partial charge is 0.465 e. The Morgan fingerprint density at radius 3 is 2.78 bits per heavy atom. The molecule has 0 amide bonds. The molecule has 100 valence electrons. The van der Waals surface area contributed by atoms with Crippen molar-refractivity contribution in [2.24, 2.45) is 0 Å². The Hall–Kier alpha value is -1.60. The molecule has 0 atom stereocenters. The molecule has 3 N–H and O–H groups in total. The highest BCUT2D eigenvalue weighted by Gasteiger charge is 2.13. The lowest BCUT2D eigenvalue weighted by atomic mass is 10.2. The van der Waals surface area contributed by atoms with Gasteiger partial charge in [-0.15, -0.1) is 0 Å². The van der Waals surface area contributed by atoms with Crippen molar-refractivity contribution in [2.75, 3.05) is 18.9 Å². The van der Waals surface area contributed by atoms with Crippen LogP contribution in [0.2, 0.25) is 0 Å². The van der Waals surface area contributed by atoms with E-state index in [9.17, 15) is 13.2 Å². The number of carbonyl (C=O) groups excluding carboxylic acids is 1. The number of hydrogen-bond donors (Lipinski definition) is 2. The average molecular weight is 272 g/mol. The number of benzene rings is 1. The number of nitrogens with one attached hydrogen (secondary N) is 1. The van der Waals surface area contributed by atoms with Gasteiger partial charge in [0.2, 0.25) is 10.0 Å². The summed E-state index contributed by atoms with van der Waals surface area (Å²) in [5.74, 6) is -0.828. The second-order valence-corrected chi connectivity index (χ2v) is 5.44. The van der Waals surface area contributed by atoms with E-state index < -0.39 is 16.0 Å². The van der Waals surface area contributed by atoms with Crippen LogP contribution < -0.4 is 10.5 Å². The van der Waals surface area contributed by atoms with Crippen LogP contribution in [0.1, 0.15) is 12.5 Å². The highest BCUT2D eigenvalue weighted by Crippen LogP contribution is 2.09. The Morgan fingerprint density at radius 1 is 1.44 bits per heavy atom. The van der Waals surface area contributed by atoms with Crippen LogP contribution in [0.25, 0.3) is 0 Å². The summed E-state index contributed by atoms with van der Waals surface area (Å²) in [4.78, 5) is 11.0. The lowest BCUT2D eigenvalue weighted by molar-refractivity contribution is -0.141. The molecule has 7 heteroatoms. The fraction of sp³-hybridized carbons (Fsp3) is 0.364. The van der Waals surface area contributed by atoms with Crippen LogP contribution in [0.3, 0.4) is 0 Å². The molecule has 0 aliphatic heterocycles. The molecule has 0 aliphatic rings. The van der Waals surface area contributed by atoms with Crippen LogP contribution in [0.5, 0.6) is 0 Å². The molecule has 18 heavy (non-hydrogen) atoms. The number of nitrogen functional groups attached to an aromatic ring is 1. The normalized spacial score (nSPS) is 11.2. The minimum atomic E-state index is -3.57. The van der Waals surface area contributed by atoms with E-state index in [2.05, 4.69) is 9.46 Å². The average Bonchev–Trinajstić information content (AvgIpc) is 2.26. The standard InChI is InChI=1S/C11H16N2O4S/c1-2-17-11(14)7-13-18(15,16)8-9-4-3-5-10(12)6-9/h3-6,13H,2,7-8,12H2,1H3. The van der Waals surface area contributed by atoms with E-state index >= 15 is 0 Å². The summed E-state index contributed by atoms with van der Waals surface area (Å²) in [7, 11) is -3.57. The smallest absolute Gasteiger partial charge is 0.320 e. The molecule has 0 saturated carbocycles. The highest BCUT2D eigenvalue weighted by atomic mass is 32.2. The molecule has 0 aliphatic carbocycles. The van der Waals surface area contributed by atoms with Crippen molar-refractivity contribution in [3.63, 3.8) is 0 Å². The summed E-state index contributed by atoms with van der Waals surface area (Å²) in [6.45, 7) is 1.51. The summed E-state index contributed by atoms with van der Waals surface area (Å²) in [5, 5.41) is 0. The quantitative estimate of drug-likeness (QED) is 0.571. The zero-order chi connectivity index (χ0) is 13.6. The summed E-state index contributed by atoms with van der Waals surface area (Å²) in [6, 6.07) is 6.57. The van der Waals surface area contributed by atoms with Gasteiger partial charge in [-0.25, -0.2) is 13.1 Å². The molecule has 6 nitrogen and oxygen atoms in total. The molecule has 0 bridgehead atoms. The molecule has 0 radical (unpaired) electrons. The first-order valence-corrected chi connectivity index (χ1v) is 7.05. The first-order valence-electron chi connectivity index (χ1n) is 5.40. The highest BCUT2D eigenvalue weighted by molar-refractivity contribution is 7.88. The summed E-state index contributed by atoms with van der Waals surface area (Å²) in [6.07, 6.45) is 0. The number of rotatable bonds is 6. The third-order valence-electron chi connectivity index (χ3n) is 2.05. The van der Waals surface area contributed by atoms with Crippen LogP contribution in [0.15, 0.2) is 24.3 Å². The zero-order valence-corrected chi connectivity index (χ0v) is 10.9. The van der Waals surface area contributed by atoms with Gasteiger partial charge in [0.15, 0.2) is 0 Å². The predicted molar refractivity (Wildman–Crippen MR) is 68.1 cm³/mol. The lowest BCUT2D eigenvalue weighted by Crippen LogP contribution is -2.31. The Morgan fingerprint density at radius 2 is 2.17 bits per heavy atom. The van der Waals surface area contributed by atoms with Gasteiger partial charge in [0.1, 0.15) is 6.54 Å². The van der Waals surface area contributed by atoms with E-state index in [0.717, 1.165) is 0 Å². The Labute approximate surface area is 106 Å². The first kappa shape index (κ1) is 14.5. The summed E-state index contributed by atoms with van der Waals surface area (Å²) >= 11 is 0. The van der Waals surface area contributed by atoms with Gasteiger partial charge < -0.3 is 10.5 Å². The van der Waals surface area contributed by atoms with Gasteiger partial charge in [-0.2, -0.15) is 0 Å². The van der Waals surface area contributed by atoms with Crippen molar-refractivity contribution in [1.82, 2.24) is 4.72 Å². The van der Waals surface area contributed by atoms with Gasteiger partial charge in [0, 0.05) is 5.69 Å². The SMILES string of the molecule is CCOC(=O)CNS(=O)(=O)Cc1cccc(N)c1. The van der Waals surface area contributed by atoms with Crippen molar-refractivity contribution in [2.45, 2.75) is 12.7 Å². The fourth-order valence-corrected chi connectivity index (χ4v) is 2.39. The third kappa shape index (κ3) is 5.15. The third-order valence-corrected chi connectivity index (χ3v) is 3.35. The van der Waals surface area contributed by atoms with Gasteiger partial charge in [-0.1, -0.05) is 12.1 Å². The minimum Gasteiger partial charge on any atom is -0.465 e. The van der Waals surface area contributed by atoms with Crippen LogP contribution in [-0.2, 0) is 25.3 Å². The fourth-order valence-electron chi connectivity index (χ4n) is 1.33. The maximum atomic E-state index is 11.7. The maximum absolute atomic E-state index is 11.7. The monoisotopic (exact) mass is 272 g/mol. The van der Waals surface area contributed by atoms with Gasteiger partial charge in [-0.05, 0) is 24.6 Å². The molecule has 0 spiro atoms. The molecule has 0 fully saturated rings. The molecule has 0 saturated heterocycles. The van der Waals surface area contributed by atoms with Crippen molar-refractivity contribution in [3.8, 4) is 0 Å². The van der Waals surface area contributed by atoms with Crippen molar-refractivity contribution in [1.29, 1.82) is 0 Å². The van der Waals surface area contributed by atoms with E-state index in [-0.39, 0.29) is 18.9 Å². The molecule has 0 aromatic heterocycles. The molecular weight excluding hydrogens is 256 g/mol.